The molecule has 0 aliphatic heterocycles. The summed E-state index contributed by atoms with van der Waals surface area (Å²) in [5, 5.41) is 0. The number of hydrogen-bond acceptors (Lipinski definition) is 2. The molecule has 0 radical (unpaired) electrons. The second kappa shape index (κ2) is 6.03. The second-order valence-corrected chi connectivity index (χ2v) is 4.75. The molecule has 0 saturated heterocycles. The molecule has 1 aromatic heterocycles. The van der Waals surface area contributed by atoms with Crippen LogP contribution in [0.5, 0.6) is 0 Å². The lowest BCUT2D eigenvalue weighted by Crippen LogP contribution is -2.27. The molecule has 112 valence electrons. The Balaban J connectivity index is 2.12. The van der Waals surface area contributed by atoms with E-state index in [4.69, 9.17) is 5.73 Å². The van der Waals surface area contributed by atoms with E-state index in [1.165, 1.54) is 0 Å². The lowest BCUT2D eigenvalue weighted by molar-refractivity contribution is -0.144. The molecule has 6 heteroatoms. The molecule has 0 aliphatic rings. The van der Waals surface area contributed by atoms with Crippen LogP contribution in [0, 0.1) is 0 Å². The van der Waals surface area contributed by atoms with Gasteiger partial charge in [-0.15, -0.1) is 0 Å². The van der Waals surface area contributed by atoms with Gasteiger partial charge in [-0.25, -0.2) is 0 Å². The first-order valence-electron chi connectivity index (χ1n) is 6.49. The van der Waals surface area contributed by atoms with Crippen molar-refractivity contribution in [1.82, 2.24) is 4.57 Å². The number of nitrogen functional groups attached to an aromatic ring is 1. The van der Waals surface area contributed by atoms with Crippen molar-refractivity contribution in [2.24, 2.45) is 0 Å². The summed E-state index contributed by atoms with van der Waals surface area (Å²) in [6, 6.07) is 10.3. The van der Waals surface area contributed by atoms with E-state index in [1.54, 1.807) is 18.2 Å². The molecular formula is C15H15F3N2O. The van der Waals surface area contributed by atoms with Crippen molar-refractivity contribution in [2.45, 2.75) is 25.6 Å². The van der Waals surface area contributed by atoms with Gasteiger partial charge < -0.3 is 10.3 Å². The number of nitrogens with zero attached hydrogens (tertiary/aromatic N) is 1. The molecule has 0 bridgehead atoms. The third-order valence-electron chi connectivity index (χ3n) is 3.14. The fourth-order valence-electron chi connectivity index (χ4n) is 2.19. The van der Waals surface area contributed by atoms with Crippen molar-refractivity contribution in [2.75, 3.05) is 5.73 Å². The van der Waals surface area contributed by atoms with E-state index in [1.807, 2.05) is 6.07 Å². The van der Waals surface area contributed by atoms with Crippen molar-refractivity contribution >= 4 is 5.69 Å². The van der Waals surface area contributed by atoms with Crippen LogP contribution in [0.25, 0.3) is 0 Å². The van der Waals surface area contributed by atoms with Gasteiger partial charge in [-0.2, -0.15) is 13.2 Å². The van der Waals surface area contributed by atoms with Gasteiger partial charge in [-0.3, -0.25) is 4.79 Å². The fourth-order valence-corrected chi connectivity index (χ4v) is 2.19. The van der Waals surface area contributed by atoms with E-state index >= 15 is 0 Å². The van der Waals surface area contributed by atoms with Crippen LogP contribution in [0.1, 0.15) is 17.7 Å². The van der Waals surface area contributed by atoms with Crippen LogP contribution in [0.2, 0.25) is 0 Å². The summed E-state index contributed by atoms with van der Waals surface area (Å²) in [5.41, 5.74) is 5.64. The molecule has 1 aromatic carbocycles. The van der Waals surface area contributed by atoms with E-state index < -0.39 is 17.4 Å². The lowest BCUT2D eigenvalue weighted by Gasteiger charge is -2.14. The topological polar surface area (TPSA) is 48.0 Å². The van der Waals surface area contributed by atoms with Crippen molar-refractivity contribution in [3.05, 3.63) is 64.1 Å². The summed E-state index contributed by atoms with van der Waals surface area (Å²) in [5.74, 6) is 0. The molecule has 0 spiro atoms. The minimum atomic E-state index is -4.53. The third-order valence-corrected chi connectivity index (χ3v) is 3.14. The summed E-state index contributed by atoms with van der Waals surface area (Å²) in [6.07, 6.45) is -3.54. The Bertz CT molecular complexity index is 677. The number of alkyl halides is 3. The van der Waals surface area contributed by atoms with Gasteiger partial charge in [0.1, 0.15) is 5.69 Å². The number of anilines is 1. The maximum atomic E-state index is 12.9. The average molecular weight is 296 g/mol. The minimum Gasteiger partial charge on any atom is -0.399 e. The Morgan fingerprint density at radius 1 is 1.10 bits per heavy atom. The fraction of sp³-hybridized carbons (Fsp3) is 0.267. The van der Waals surface area contributed by atoms with Gasteiger partial charge in [-0.1, -0.05) is 18.2 Å². The van der Waals surface area contributed by atoms with Crippen LogP contribution in [0.15, 0.2) is 47.3 Å². The molecule has 0 atom stereocenters. The van der Waals surface area contributed by atoms with E-state index in [0.717, 1.165) is 28.3 Å². The molecule has 2 N–H and O–H groups in total. The second-order valence-electron chi connectivity index (χ2n) is 4.75. The summed E-state index contributed by atoms with van der Waals surface area (Å²) >= 11 is 0. The molecule has 0 amide bonds. The van der Waals surface area contributed by atoms with Crippen LogP contribution in [-0.4, -0.2) is 4.57 Å². The van der Waals surface area contributed by atoms with Gasteiger partial charge in [0.25, 0.3) is 5.56 Å². The summed E-state index contributed by atoms with van der Waals surface area (Å²) in [4.78, 5) is 11.6. The predicted molar refractivity (Wildman–Crippen MR) is 74.9 cm³/mol. The average Bonchev–Trinajstić information content (AvgIpc) is 2.39. The molecule has 1 heterocycles. The Morgan fingerprint density at radius 2 is 1.81 bits per heavy atom. The maximum absolute atomic E-state index is 12.9. The van der Waals surface area contributed by atoms with Crippen LogP contribution in [0.3, 0.4) is 0 Å². The molecule has 3 nitrogen and oxygen atoms in total. The number of rotatable bonds is 4. The molecule has 0 unspecified atom stereocenters. The molecule has 0 aliphatic carbocycles. The highest BCUT2D eigenvalue weighted by Gasteiger charge is 2.33. The Hall–Kier alpha value is -2.24. The van der Waals surface area contributed by atoms with Crippen LogP contribution in [0.4, 0.5) is 18.9 Å². The summed E-state index contributed by atoms with van der Waals surface area (Å²) < 4.78 is 39.3. The third kappa shape index (κ3) is 3.87. The van der Waals surface area contributed by atoms with Crippen LogP contribution < -0.4 is 11.3 Å². The van der Waals surface area contributed by atoms with Crippen molar-refractivity contribution in [1.29, 1.82) is 0 Å². The van der Waals surface area contributed by atoms with Gasteiger partial charge in [-0.05, 0) is 36.6 Å². The molecule has 2 rings (SSSR count). The molecule has 2 aromatic rings. The zero-order chi connectivity index (χ0) is 15.5. The van der Waals surface area contributed by atoms with Crippen LogP contribution in [-0.2, 0) is 19.1 Å². The first-order valence-corrected chi connectivity index (χ1v) is 6.49. The lowest BCUT2D eigenvalue weighted by atomic mass is 10.1. The van der Waals surface area contributed by atoms with E-state index in [9.17, 15) is 18.0 Å². The number of hydrogen-bond donors (Lipinski definition) is 1. The first-order chi connectivity index (χ1) is 9.88. The van der Waals surface area contributed by atoms with Gasteiger partial charge in [0, 0.05) is 18.3 Å². The van der Waals surface area contributed by atoms with E-state index in [0.29, 0.717) is 18.5 Å². The monoisotopic (exact) mass is 296 g/mol. The van der Waals surface area contributed by atoms with Gasteiger partial charge in [0.15, 0.2) is 0 Å². The number of aromatic nitrogens is 1. The molecule has 21 heavy (non-hydrogen) atoms. The maximum Gasteiger partial charge on any atom is 0.431 e. The Morgan fingerprint density at radius 3 is 2.48 bits per heavy atom. The molecule has 0 fully saturated rings. The quantitative estimate of drug-likeness (QED) is 0.881. The minimum absolute atomic E-state index is 0.0172. The van der Waals surface area contributed by atoms with Crippen molar-refractivity contribution in [3.63, 3.8) is 0 Å². The highest BCUT2D eigenvalue weighted by Crippen LogP contribution is 2.28. The molecular weight excluding hydrogens is 281 g/mol. The number of aryl methyl sites for hydroxylation is 1. The van der Waals surface area contributed by atoms with Crippen LogP contribution >= 0.6 is 0 Å². The summed E-state index contributed by atoms with van der Waals surface area (Å²) in [7, 11) is 0. The van der Waals surface area contributed by atoms with Gasteiger partial charge >= 0.3 is 6.18 Å². The largest absolute Gasteiger partial charge is 0.431 e. The summed E-state index contributed by atoms with van der Waals surface area (Å²) in [6.45, 7) is 0.0172. The number of nitrogens with two attached hydrogens (primary N) is 1. The number of pyridine rings is 1. The Labute approximate surface area is 119 Å². The van der Waals surface area contributed by atoms with Gasteiger partial charge in [0.05, 0.1) is 0 Å². The van der Waals surface area contributed by atoms with Crippen molar-refractivity contribution in [3.8, 4) is 0 Å². The highest BCUT2D eigenvalue weighted by atomic mass is 19.4. The zero-order valence-corrected chi connectivity index (χ0v) is 11.2. The SMILES string of the molecule is Nc1cccc(CCCn2c(C(F)(F)F)cccc2=O)c1. The smallest absolute Gasteiger partial charge is 0.399 e. The van der Waals surface area contributed by atoms with Gasteiger partial charge in [0.2, 0.25) is 0 Å². The van der Waals surface area contributed by atoms with Crippen molar-refractivity contribution < 1.29 is 13.2 Å². The molecule has 0 saturated carbocycles. The standard InChI is InChI=1S/C15H15F3N2O/c16-15(17,18)13-7-2-8-14(21)20(13)9-3-5-11-4-1-6-12(19)10-11/h1-2,4,6-8,10H,3,5,9,19H2. The number of benzene rings is 1. The Kier molecular flexibility index (Phi) is 4.35. The predicted octanol–water partition coefficient (Wildman–Crippen LogP) is 3.08. The highest BCUT2D eigenvalue weighted by molar-refractivity contribution is 5.40. The zero-order valence-electron chi connectivity index (χ0n) is 11.2. The normalized spacial score (nSPS) is 11.6. The number of halogens is 3. The first kappa shape index (κ1) is 15.2. The van der Waals surface area contributed by atoms with E-state index in [-0.39, 0.29) is 6.54 Å². The van der Waals surface area contributed by atoms with E-state index in [2.05, 4.69) is 0 Å².